The van der Waals surface area contributed by atoms with Crippen molar-refractivity contribution in [3.63, 3.8) is 0 Å². The van der Waals surface area contributed by atoms with Gasteiger partial charge in [0.25, 0.3) is 0 Å². The number of rotatable bonds is 15. The standard InChI is InChI=1S/C22H38N2O.C2H4O2/c1-2-3-4-5-6-7-8-9-10-11-12-13-14-15-16-17-22-23-18-19-24(22)20-21-25;1-2(3)4/h3-4,6-7,9-10,25H,2,5,8,11-21H2,1H3;1H3,(H,3,4)/b4-3+,7-6+,10-9+;. The molecule has 0 fully saturated rings. The summed E-state index contributed by atoms with van der Waals surface area (Å²) in [6, 6.07) is 0. The molecule has 0 bridgehead atoms. The lowest BCUT2D eigenvalue weighted by molar-refractivity contribution is -0.521. The Kier molecular flexibility index (Phi) is 19.5. The van der Waals surface area contributed by atoms with Gasteiger partial charge in [0.1, 0.15) is 19.6 Å². The minimum atomic E-state index is -1.08. The normalized spacial score (nSPS) is 14.0. The Morgan fingerprint density at radius 2 is 1.62 bits per heavy atom. The summed E-state index contributed by atoms with van der Waals surface area (Å²) in [6.45, 7) is 6.25. The van der Waals surface area contributed by atoms with Crippen LogP contribution in [0, 0.1) is 0 Å². The van der Waals surface area contributed by atoms with Crippen molar-refractivity contribution in [2.75, 3.05) is 26.2 Å². The molecule has 0 unspecified atom stereocenters. The fourth-order valence-corrected chi connectivity index (χ4v) is 3.11. The first-order valence-electron chi connectivity index (χ1n) is 11.2. The maximum atomic E-state index is 9.05. The van der Waals surface area contributed by atoms with Gasteiger partial charge < -0.3 is 15.0 Å². The lowest BCUT2D eigenvalue weighted by atomic mass is 10.1. The van der Waals surface area contributed by atoms with Gasteiger partial charge >= 0.3 is 0 Å². The fraction of sp³-hybridized carbons (Fsp3) is 0.667. The van der Waals surface area contributed by atoms with Crippen LogP contribution in [0.15, 0.2) is 36.5 Å². The molecule has 1 aliphatic heterocycles. The number of aliphatic carboxylic acids is 1. The van der Waals surface area contributed by atoms with Gasteiger partial charge in [0, 0.05) is 12.4 Å². The average Bonchev–Trinajstić information content (AvgIpc) is 3.12. The Labute approximate surface area is 177 Å². The van der Waals surface area contributed by atoms with Gasteiger partial charge in [-0.15, -0.1) is 0 Å². The predicted molar refractivity (Wildman–Crippen MR) is 120 cm³/mol. The highest BCUT2D eigenvalue weighted by atomic mass is 16.4. The first kappa shape index (κ1) is 27.1. The van der Waals surface area contributed by atoms with E-state index in [2.05, 4.69) is 53.3 Å². The number of hydrogen-bond donors (Lipinski definition) is 2. The second kappa shape index (κ2) is 20.8. The molecule has 0 amide bonds. The smallest absolute Gasteiger partial charge is 0.245 e. The molecule has 29 heavy (non-hydrogen) atoms. The molecule has 1 aliphatic rings. The van der Waals surface area contributed by atoms with E-state index in [0.29, 0.717) is 0 Å². The van der Waals surface area contributed by atoms with Gasteiger partial charge in [-0.25, -0.2) is 0 Å². The zero-order valence-corrected chi connectivity index (χ0v) is 18.6. The van der Waals surface area contributed by atoms with E-state index >= 15 is 0 Å². The molecule has 0 aromatic heterocycles. The number of carboxylic acid groups (broad SMARTS) is 1. The molecule has 0 aromatic rings. The third kappa shape index (κ3) is 19.2. The van der Waals surface area contributed by atoms with Gasteiger partial charge in [0.15, 0.2) is 0 Å². The Bertz CT molecular complexity index is 518. The Balaban J connectivity index is 0.00000178. The second-order valence-electron chi connectivity index (χ2n) is 7.18. The molecule has 0 aromatic carbocycles. The number of amidine groups is 1. The minimum absolute atomic E-state index is 0.254. The minimum Gasteiger partial charge on any atom is -0.550 e. The van der Waals surface area contributed by atoms with Crippen LogP contribution >= 0.6 is 0 Å². The molecule has 0 atom stereocenters. The van der Waals surface area contributed by atoms with Crippen LogP contribution < -0.4 is 10.4 Å². The monoisotopic (exact) mass is 406 g/mol. The van der Waals surface area contributed by atoms with E-state index in [1.54, 1.807) is 0 Å². The van der Waals surface area contributed by atoms with Gasteiger partial charge in [0.2, 0.25) is 5.84 Å². The number of carbonyl (C=O) groups is 1. The van der Waals surface area contributed by atoms with Gasteiger partial charge in [-0.3, -0.25) is 9.89 Å². The van der Waals surface area contributed by atoms with Crippen LogP contribution in [-0.2, 0) is 4.79 Å². The number of hydrogen-bond acceptors (Lipinski definition) is 4. The number of unbranched alkanes of at least 4 members (excludes halogenated alkanes) is 5. The van der Waals surface area contributed by atoms with Gasteiger partial charge in [-0.2, -0.15) is 0 Å². The van der Waals surface area contributed by atoms with Crippen molar-refractivity contribution in [1.82, 2.24) is 5.32 Å². The molecule has 1 rings (SSSR count). The number of carbonyl (C=O) groups excluding carboxylic acids is 1. The Morgan fingerprint density at radius 1 is 1.03 bits per heavy atom. The molecule has 5 heteroatoms. The summed E-state index contributed by atoms with van der Waals surface area (Å²) in [7, 11) is 0. The summed E-state index contributed by atoms with van der Waals surface area (Å²) in [5, 5.41) is 21.4. The fourth-order valence-electron chi connectivity index (χ4n) is 3.11. The topological polar surface area (TPSA) is 75.4 Å². The van der Waals surface area contributed by atoms with Crippen LogP contribution in [0.2, 0.25) is 0 Å². The zero-order valence-electron chi connectivity index (χ0n) is 18.6. The molecule has 0 saturated carbocycles. The van der Waals surface area contributed by atoms with E-state index in [1.165, 1.54) is 44.4 Å². The van der Waals surface area contributed by atoms with E-state index < -0.39 is 5.97 Å². The van der Waals surface area contributed by atoms with Crippen molar-refractivity contribution in [3.05, 3.63) is 36.5 Å². The highest BCUT2D eigenvalue weighted by molar-refractivity contribution is 5.78. The van der Waals surface area contributed by atoms with E-state index in [4.69, 9.17) is 15.0 Å². The Hall–Kier alpha value is -1.88. The maximum Gasteiger partial charge on any atom is 0.245 e. The molecule has 0 aliphatic carbocycles. The third-order valence-corrected chi connectivity index (χ3v) is 4.53. The number of nitrogens with zero attached hydrogens (tertiary/aromatic N) is 1. The molecule has 166 valence electrons. The number of nitrogens with one attached hydrogen (secondary N) is 1. The lowest BCUT2D eigenvalue weighted by Crippen LogP contribution is -2.24. The van der Waals surface area contributed by atoms with Crippen molar-refractivity contribution in [3.8, 4) is 0 Å². The molecule has 5 nitrogen and oxygen atoms in total. The van der Waals surface area contributed by atoms with Crippen molar-refractivity contribution < 1.29 is 19.6 Å². The summed E-state index contributed by atoms with van der Waals surface area (Å²) < 4.78 is 2.29. The molecular formula is C24H42N2O3. The van der Waals surface area contributed by atoms with E-state index in [0.717, 1.165) is 52.2 Å². The van der Waals surface area contributed by atoms with Crippen LogP contribution in [0.4, 0.5) is 0 Å². The van der Waals surface area contributed by atoms with Gasteiger partial charge in [0.05, 0.1) is 6.61 Å². The highest BCUT2D eigenvalue weighted by Gasteiger charge is 2.19. The van der Waals surface area contributed by atoms with Gasteiger partial charge in [-0.1, -0.05) is 62.6 Å². The summed E-state index contributed by atoms with van der Waals surface area (Å²) in [5.41, 5.74) is 0. The average molecular weight is 407 g/mol. The maximum absolute atomic E-state index is 9.05. The van der Waals surface area contributed by atoms with Crippen molar-refractivity contribution >= 4 is 11.8 Å². The van der Waals surface area contributed by atoms with Crippen molar-refractivity contribution in [2.24, 2.45) is 0 Å². The van der Waals surface area contributed by atoms with E-state index in [-0.39, 0.29) is 6.61 Å². The zero-order chi connectivity index (χ0) is 21.6. The van der Waals surface area contributed by atoms with E-state index in [1.807, 2.05) is 0 Å². The molecule has 2 N–H and O–H groups in total. The number of carboxylic acids is 1. The van der Waals surface area contributed by atoms with E-state index in [9.17, 15) is 0 Å². The number of β-amino-alcohol motifs (C(OH)–C–C–N with tert-alkyl or cyclic N) is 1. The quantitative estimate of drug-likeness (QED) is 0.248. The lowest BCUT2D eigenvalue weighted by Gasteiger charge is -2.03. The first-order chi connectivity index (χ1) is 14.1. The summed E-state index contributed by atoms with van der Waals surface area (Å²) in [5.74, 6) is 0.259. The molecule has 0 radical (unpaired) electrons. The summed E-state index contributed by atoms with van der Waals surface area (Å²) >= 11 is 0. The largest absolute Gasteiger partial charge is 0.550 e. The van der Waals surface area contributed by atoms with Crippen LogP contribution in [0.25, 0.3) is 0 Å². The van der Waals surface area contributed by atoms with Crippen LogP contribution in [0.3, 0.4) is 0 Å². The number of allylic oxidation sites excluding steroid dienone is 6. The van der Waals surface area contributed by atoms with Gasteiger partial charge in [-0.05, 0) is 45.4 Å². The van der Waals surface area contributed by atoms with Crippen LogP contribution in [0.5, 0.6) is 0 Å². The second-order valence-corrected chi connectivity index (χ2v) is 7.18. The summed E-state index contributed by atoms with van der Waals surface area (Å²) in [6.07, 6.45) is 25.7. The van der Waals surface area contributed by atoms with Crippen LogP contribution in [0.1, 0.15) is 78.1 Å². The SMILES string of the molecule is CC(=O)[O-].CC/C=C/C/C=C/C/C=C/CCCCCCCC1=[N+](CCO)CCN1. The molecule has 1 heterocycles. The van der Waals surface area contributed by atoms with Crippen molar-refractivity contribution in [1.29, 1.82) is 0 Å². The van der Waals surface area contributed by atoms with Crippen LogP contribution in [-0.4, -0.2) is 47.7 Å². The number of aliphatic hydroxyl groups is 1. The van der Waals surface area contributed by atoms with Crippen molar-refractivity contribution in [2.45, 2.75) is 78.1 Å². The Morgan fingerprint density at radius 3 is 2.28 bits per heavy atom. The molecule has 0 spiro atoms. The predicted octanol–water partition coefficient (Wildman–Crippen LogP) is 3.34. The highest BCUT2D eigenvalue weighted by Crippen LogP contribution is 2.09. The summed E-state index contributed by atoms with van der Waals surface area (Å²) in [4.78, 5) is 8.89. The molecule has 0 saturated heterocycles. The third-order valence-electron chi connectivity index (χ3n) is 4.53. The first-order valence-corrected chi connectivity index (χ1v) is 11.2. The molecular weight excluding hydrogens is 364 g/mol. The number of aliphatic hydroxyl groups excluding tert-OH is 1.